The van der Waals surface area contributed by atoms with Crippen LogP contribution in [0.15, 0.2) is 17.6 Å². The fourth-order valence-electron chi connectivity index (χ4n) is 6.22. The van der Waals surface area contributed by atoms with E-state index in [1.165, 1.54) is 47.9 Å². The summed E-state index contributed by atoms with van der Waals surface area (Å²) in [5.74, 6) is 0.735. The van der Waals surface area contributed by atoms with E-state index in [2.05, 4.69) is 34.9 Å². The van der Waals surface area contributed by atoms with Gasteiger partial charge in [-0.05, 0) is 92.0 Å². The second-order valence-corrected chi connectivity index (χ2v) is 12.4. The summed E-state index contributed by atoms with van der Waals surface area (Å²) < 4.78 is 27.2. The van der Waals surface area contributed by atoms with Crippen LogP contribution in [-0.2, 0) is 35.7 Å². The molecule has 0 aromatic heterocycles. The smallest absolute Gasteiger partial charge is 0.307 e. The number of amides is 2. The number of nitrogens with one attached hydrogen (secondary N) is 2. The molecule has 0 spiro atoms. The number of anilines is 1. The molecule has 182 valence electrons. The third-order valence-electron chi connectivity index (χ3n) is 7.78. The number of fused-ring (bicyclic) bond motifs is 2. The van der Waals surface area contributed by atoms with Crippen molar-refractivity contribution in [3.63, 3.8) is 0 Å². The Morgan fingerprint density at radius 2 is 1.67 bits per heavy atom. The van der Waals surface area contributed by atoms with E-state index in [1.54, 1.807) is 6.08 Å². The number of sulfonamides is 1. The second kappa shape index (κ2) is 9.79. The normalized spacial score (nSPS) is 18.8. The van der Waals surface area contributed by atoms with Crippen molar-refractivity contribution in [2.75, 3.05) is 25.5 Å². The molecule has 0 bridgehead atoms. The summed E-state index contributed by atoms with van der Waals surface area (Å²) in [4.78, 5) is 14.8. The Bertz CT molecular complexity index is 991. The first-order chi connectivity index (χ1) is 15.6. The zero-order chi connectivity index (χ0) is 23.6. The van der Waals surface area contributed by atoms with Gasteiger partial charge in [0, 0.05) is 24.2 Å². The van der Waals surface area contributed by atoms with Gasteiger partial charge in [-0.15, -0.1) is 0 Å². The molecule has 7 heteroatoms. The maximum atomic E-state index is 12.6. The predicted molar refractivity (Wildman–Crippen MR) is 134 cm³/mol. The van der Waals surface area contributed by atoms with Crippen LogP contribution < -0.4 is 10.0 Å². The molecule has 3 aliphatic rings. The lowest BCUT2D eigenvalue weighted by Gasteiger charge is -2.35. The molecule has 33 heavy (non-hydrogen) atoms. The van der Waals surface area contributed by atoms with Gasteiger partial charge in [0.1, 0.15) is 0 Å². The van der Waals surface area contributed by atoms with Crippen molar-refractivity contribution in [2.45, 2.75) is 78.1 Å². The standard InChI is InChI=1S/C26H39N3O3S/c1-26(2,21-11-4-5-12-21)18-29(3)15-8-16-33(31,32)28-25(30)27-24-22-13-6-9-19(22)17-20-10-7-14-23(20)24/h8,16-17,21H,4-7,9-15,18H2,1-3H3,(H2,27,28,30)/b16-8+. The summed E-state index contributed by atoms with van der Waals surface area (Å²) in [6.07, 6.45) is 12.9. The largest absolute Gasteiger partial charge is 0.333 e. The molecule has 0 heterocycles. The van der Waals surface area contributed by atoms with Crippen LogP contribution in [0, 0.1) is 11.3 Å². The molecule has 2 N–H and O–H groups in total. The number of urea groups is 1. The molecular weight excluding hydrogens is 434 g/mol. The van der Waals surface area contributed by atoms with E-state index >= 15 is 0 Å². The van der Waals surface area contributed by atoms with Crippen LogP contribution in [0.1, 0.15) is 74.6 Å². The molecule has 4 rings (SSSR count). The van der Waals surface area contributed by atoms with E-state index in [0.29, 0.717) is 6.54 Å². The average Bonchev–Trinajstić information content (AvgIpc) is 3.48. The number of carbonyl (C=O) groups excluding carboxylic acids is 1. The highest BCUT2D eigenvalue weighted by Gasteiger charge is 2.32. The minimum atomic E-state index is -3.85. The van der Waals surface area contributed by atoms with Gasteiger partial charge in [-0.1, -0.05) is 38.8 Å². The molecule has 0 radical (unpaired) electrons. The first-order valence-corrected chi connectivity index (χ1v) is 14.0. The van der Waals surface area contributed by atoms with Crippen molar-refractivity contribution >= 4 is 21.7 Å². The summed E-state index contributed by atoms with van der Waals surface area (Å²) >= 11 is 0. The average molecular weight is 474 g/mol. The Morgan fingerprint density at radius 3 is 2.27 bits per heavy atom. The number of benzene rings is 1. The number of hydrogen-bond donors (Lipinski definition) is 2. The minimum Gasteiger partial charge on any atom is -0.307 e. The molecule has 3 aliphatic carbocycles. The van der Waals surface area contributed by atoms with E-state index < -0.39 is 16.1 Å². The van der Waals surface area contributed by atoms with E-state index in [-0.39, 0.29) is 5.41 Å². The topological polar surface area (TPSA) is 78.5 Å². The number of rotatable bonds is 8. The van der Waals surface area contributed by atoms with Crippen LogP contribution in [0.4, 0.5) is 10.5 Å². The van der Waals surface area contributed by atoms with Crippen LogP contribution in [0.3, 0.4) is 0 Å². The lowest BCUT2D eigenvalue weighted by Crippen LogP contribution is -2.36. The van der Waals surface area contributed by atoms with E-state index in [0.717, 1.165) is 62.1 Å². The van der Waals surface area contributed by atoms with Crippen molar-refractivity contribution in [1.82, 2.24) is 9.62 Å². The van der Waals surface area contributed by atoms with Crippen LogP contribution in [0.25, 0.3) is 0 Å². The highest BCUT2D eigenvalue weighted by Crippen LogP contribution is 2.40. The van der Waals surface area contributed by atoms with E-state index in [1.807, 2.05) is 7.05 Å². The summed E-state index contributed by atoms with van der Waals surface area (Å²) in [6.45, 7) is 6.06. The van der Waals surface area contributed by atoms with Crippen molar-refractivity contribution < 1.29 is 13.2 Å². The first kappa shape index (κ1) is 24.3. The maximum Gasteiger partial charge on any atom is 0.333 e. The molecular formula is C26H39N3O3S. The van der Waals surface area contributed by atoms with Gasteiger partial charge in [0.05, 0.1) is 0 Å². The highest BCUT2D eigenvalue weighted by atomic mass is 32.2. The summed E-state index contributed by atoms with van der Waals surface area (Å²) in [5, 5.41) is 4.00. The second-order valence-electron chi connectivity index (χ2n) is 10.9. The molecule has 1 aromatic carbocycles. The Morgan fingerprint density at radius 1 is 1.06 bits per heavy atom. The van der Waals surface area contributed by atoms with Gasteiger partial charge in [-0.25, -0.2) is 17.9 Å². The third kappa shape index (κ3) is 5.80. The molecule has 6 nitrogen and oxygen atoms in total. The van der Waals surface area contributed by atoms with Gasteiger partial charge >= 0.3 is 6.03 Å². The fourth-order valence-corrected chi connectivity index (χ4v) is 6.93. The Hall–Kier alpha value is -1.86. The Kier molecular flexibility index (Phi) is 7.20. The molecule has 0 atom stereocenters. The van der Waals surface area contributed by atoms with Gasteiger partial charge in [-0.3, -0.25) is 0 Å². The van der Waals surface area contributed by atoms with Gasteiger partial charge in [0.15, 0.2) is 0 Å². The van der Waals surface area contributed by atoms with Gasteiger partial charge in [0.25, 0.3) is 10.0 Å². The van der Waals surface area contributed by atoms with Crippen molar-refractivity contribution in [2.24, 2.45) is 11.3 Å². The van der Waals surface area contributed by atoms with Gasteiger partial charge in [0.2, 0.25) is 0 Å². The van der Waals surface area contributed by atoms with E-state index in [4.69, 9.17) is 0 Å². The molecule has 1 aromatic rings. The summed E-state index contributed by atoms with van der Waals surface area (Å²) in [5.41, 5.74) is 6.04. The number of aryl methyl sites for hydroxylation is 2. The van der Waals surface area contributed by atoms with Gasteiger partial charge in [-0.2, -0.15) is 0 Å². The zero-order valence-corrected chi connectivity index (χ0v) is 21.2. The molecule has 2 amide bonds. The zero-order valence-electron chi connectivity index (χ0n) is 20.4. The predicted octanol–water partition coefficient (Wildman–Crippen LogP) is 4.78. The van der Waals surface area contributed by atoms with Crippen molar-refractivity contribution in [1.29, 1.82) is 0 Å². The van der Waals surface area contributed by atoms with Gasteiger partial charge < -0.3 is 10.2 Å². The van der Waals surface area contributed by atoms with Crippen molar-refractivity contribution in [3.8, 4) is 0 Å². The lowest BCUT2D eigenvalue weighted by atomic mass is 9.77. The number of nitrogens with zero attached hydrogens (tertiary/aromatic N) is 1. The third-order valence-corrected chi connectivity index (χ3v) is 8.80. The van der Waals surface area contributed by atoms with Crippen LogP contribution in [0.5, 0.6) is 0 Å². The minimum absolute atomic E-state index is 0.215. The molecule has 0 aliphatic heterocycles. The molecule has 0 unspecified atom stereocenters. The maximum absolute atomic E-state index is 12.6. The Labute approximate surface area is 199 Å². The molecule has 1 saturated carbocycles. The lowest BCUT2D eigenvalue weighted by molar-refractivity contribution is 0.146. The number of carbonyl (C=O) groups is 1. The number of hydrogen-bond acceptors (Lipinski definition) is 4. The molecule has 1 fully saturated rings. The highest BCUT2D eigenvalue weighted by molar-refractivity contribution is 7.92. The summed E-state index contributed by atoms with van der Waals surface area (Å²) in [7, 11) is -1.84. The molecule has 0 saturated heterocycles. The van der Waals surface area contributed by atoms with Crippen LogP contribution in [0.2, 0.25) is 0 Å². The quantitative estimate of drug-likeness (QED) is 0.570. The first-order valence-electron chi connectivity index (χ1n) is 12.5. The van der Waals surface area contributed by atoms with Crippen LogP contribution >= 0.6 is 0 Å². The monoisotopic (exact) mass is 473 g/mol. The summed E-state index contributed by atoms with van der Waals surface area (Å²) in [6, 6.07) is 1.61. The van der Waals surface area contributed by atoms with Crippen LogP contribution in [-0.4, -0.2) is 39.5 Å². The SMILES string of the molecule is CN(C/C=C/S(=O)(=O)NC(=O)Nc1c2c(cc3c1CCC3)CCC2)CC(C)(C)C1CCCC1. The van der Waals surface area contributed by atoms with Crippen molar-refractivity contribution in [3.05, 3.63) is 39.8 Å². The van der Waals surface area contributed by atoms with E-state index in [9.17, 15) is 13.2 Å². The number of likely N-dealkylation sites (N-methyl/N-ethyl adjacent to an activating group) is 1. The Balaban J connectivity index is 1.33. The fraction of sp³-hybridized carbons (Fsp3) is 0.654.